The molecular formula is C15H28N2O3S. The van der Waals surface area contributed by atoms with Gasteiger partial charge in [0.05, 0.1) is 10.9 Å². The summed E-state index contributed by atoms with van der Waals surface area (Å²) in [5.41, 5.74) is 0. The average Bonchev–Trinajstić information content (AvgIpc) is 3.22. The first kappa shape index (κ1) is 16.9. The van der Waals surface area contributed by atoms with Crippen LogP contribution in [-0.4, -0.2) is 57.0 Å². The third-order valence-electron chi connectivity index (χ3n) is 4.37. The molecule has 1 aliphatic heterocycles. The Balaban J connectivity index is 1.70. The van der Waals surface area contributed by atoms with E-state index < -0.39 is 14.8 Å². The van der Waals surface area contributed by atoms with Crippen LogP contribution in [0, 0.1) is 0 Å². The van der Waals surface area contributed by atoms with Gasteiger partial charge in [0.1, 0.15) is 0 Å². The SMILES string of the molecule is C=CCC1(S(=O)(=O)NCCCN2CCCOC(C)C2)CC1. The molecule has 1 heterocycles. The van der Waals surface area contributed by atoms with Crippen LogP contribution < -0.4 is 4.72 Å². The molecule has 1 unspecified atom stereocenters. The fraction of sp³-hybridized carbons (Fsp3) is 0.867. The molecule has 0 aromatic carbocycles. The summed E-state index contributed by atoms with van der Waals surface area (Å²) in [6, 6.07) is 0. The van der Waals surface area contributed by atoms with Gasteiger partial charge in [0.2, 0.25) is 10.0 Å². The van der Waals surface area contributed by atoms with E-state index in [0.717, 1.165) is 51.9 Å². The van der Waals surface area contributed by atoms with Gasteiger partial charge in [0, 0.05) is 26.2 Å². The molecule has 1 N–H and O–H groups in total. The van der Waals surface area contributed by atoms with Gasteiger partial charge in [-0.25, -0.2) is 13.1 Å². The van der Waals surface area contributed by atoms with Crippen molar-refractivity contribution in [2.24, 2.45) is 0 Å². The highest BCUT2D eigenvalue weighted by atomic mass is 32.2. The van der Waals surface area contributed by atoms with Crippen molar-refractivity contribution in [3.63, 3.8) is 0 Å². The van der Waals surface area contributed by atoms with Gasteiger partial charge in [-0.3, -0.25) is 0 Å². The number of nitrogens with zero attached hydrogens (tertiary/aromatic N) is 1. The number of ether oxygens (including phenoxy) is 1. The van der Waals surface area contributed by atoms with Crippen LogP contribution in [0.2, 0.25) is 0 Å². The van der Waals surface area contributed by atoms with E-state index in [4.69, 9.17) is 4.74 Å². The summed E-state index contributed by atoms with van der Waals surface area (Å²) in [6.07, 6.45) is 5.96. The molecule has 0 aromatic heterocycles. The maximum atomic E-state index is 12.3. The van der Waals surface area contributed by atoms with Crippen LogP contribution in [0.3, 0.4) is 0 Å². The Morgan fingerprint density at radius 3 is 2.90 bits per heavy atom. The number of hydrogen-bond acceptors (Lipinski definition) is 4. The maximum Gasteiger partial charge on any atom is 0.217 e. The fourth-order valence-electron chi connectivity index (χ4n) is 2.93. The molecular weight excluding hydrogens is 288 g/mol. The Labute approximate surface area is 128 Å². The molecule has 122 valence electrons. The lowest BCUT2D eigenvalue weighted by molar-refractivity contribution is 0.0677. The molecule has 21 heavy (non-hydrogen) atoms. The second kappa shape index (κ2) is 7.22. The summed E-state index contributed by atoms with van der Waals surface area (Å²) in [5.74, 6) is 0. The van der Waals surface area contributed by atoms with Crippen molar-refractivity contribution >= 4 is 10.0 Å². The van der Waals surface area contributed by atoms with E-state index in [9.17, 15) is 8.42 Å². The Morgan fingerprint density at radius 1 is 1.48 bits per heavy atom. The molecule has 2 fully saturated rings. The third kappa shape index (κ3) is 4.52. The lowest BCUT2D eigenvalue weighted by Gasteiger charge is -2.22. The normalized spacial score (nSPS) is 26.2. The molecule has 5 nitrogen and oxygen atoms in total. The zero-order valence-corrected chi connectivity index (χ0v) is 13.8. The number of rotatable bonds is 8. The average molecular weight is 316 g/mol. The summed E-state index contributed by atoms with van der Waals surface area (Å²) in [5, 5.41) is 0. The van der Waals surface area contributed by atoms with E-state index in [1.807, 2.05) is 0 Å². The zero-order chi connectivity index (χ0) is 15.3. The molecule has 2 rings (SSSR count). The van der Waals surface area contributed by atoms with Crippen molar-refractivity contribution in [1.82, 2.24) is 9.62 Å². The molecule has 2 aliphatic rings. The molecule has 0 radical (unpaired) electrons. The Kier molecular flexibility index (Phi) is 5.82. The Morgan fingerprint density at radius 2 is 2.24 bits per heavy atom. The minimum absolute atomic E-state index is 0.270. The van der Waals surface area contributed by atoms with Crippen LogP contribution in [-0.2, 0) is 14.8 Å². The largest absolute Gasteiger partial charge is 0.377 e. The number of nitrogens with one attached hydrogen (secondary N) is 1. The van der Waals surface area contributed by atoms with Gasteiger partial charge in [0.25, 0.3) is 0 Å². The lowest BCUT2D eigenvalue weighted by atomic mass is 10.3. The van der Waals surface area contributed by atoms with Crippen molar-refractivity contribution in [3.8, 4) is 0 Å². The standard InChI is InChI=1S/C15H28N2O3S/c1-3-6-15(7-8-15)21(18,19)16-9-4-10-17-11-5-12-20-14(2)13-17/h3,14,16H,1,4-13H2,2H3. The zero-order valence-electron chi connectivity index (χ0n) is 13.0. The van der Waals surface area contributed by atoms with E-state index in [0.29, 0.717) is 13.0 Å². The monoisotopic (exact) mass is 316 g/mol. The lowest BCUT2D eigenvalue weighted by Crippen LogP contribution is -2.38. The van der Waals surface area contributed by atoms with Gasteiger partial charge in [-0.15, -0.1) is 6.58 Å². The predicted octanol–water partition coefficient (Wildman–Crippen LogP) is 1.52. The highest BCUT2D eigenvalue weighted by molar-refractivity contribution is 7.91. The summed E-state index contributed by atoms with van der Waals surface area (Å²) in [7, 11) is -3.20. The topological polar surface area (TPSA) is 58.6 Å². The third-order valence-corrected chi connectivity index (χ3v) is 6.67. The van der Waals surface area contributed by atoms with Gasteiger partial charge in [-0.05, 0) is 45.6 Å². The fourth-order valence-corrected chi connectivity index (χ4v) is 4.63. The van der Waals surface area contributed by atoms with Crippen LogP contribution in [0.25, 0.3) is 0 Å². The van der Waals surface area contributed by atoms with E-state index in [-0.39, 0.29) is 6.10 Å². The van der Waals surface area contributed by atoms with Crippen LogP contribution >= 0.6 is 0 Å². The molecule has 1 aliphatic carbocycles. The first-order valence-corrected chi connectivity index (χ1v) is 9.41. The van der Waals surface area contributed by atoms with Crippen molar-refractivity contribution in [2.75, 3.05) is 32.8 Å². The smallest absolute Gasteiger partial charge is 0.217 e. The van der Waals surface area contributed by atoms with Crippen molar-refractivity contribution in [1.29, 1.82) is 0 Å². The van der Waals surface area contributed by atoms with Crippen LogP contribution in [0.5, 0.6) is 0 Å². The molecule has 1 atom stereocenters. The van der Waals surface area contributed by atoms with Gasteiger partial charge in [-0.1, -0.05) is 6.08 Å². The first-order chi connectivity index (χ1) is 9.99. The van der Waals surface area contributed by atoms with E-state index in [2.05, 4.69) is 23.1 Å². The molecule has 0 amide bonds. The van der Waals surface area contributed by atoms with E-state index in [1.54, 1.807) is 6.08 Å². The summed E-state index contributed by atoms with van der Waals surface area (Å²) in [6.45, 7) is 10.00. The molecule has 0 aromatic rings. The second-order valence-corrected chi connectivity index (χ2v) is 8.42. The highest BCUT2D eigenvalue weighted by Crippen LogP contribution is 2.46. The van der Waals surface area contributed by atoms with Crippen molar-refractivity contribution < 1.29 is 13.2 Å². The molecule has 0 bridgehead atoms. The minimum atomic E-state index is -3.20. The second-order valence-electron chi connectivity index (χ2n) is 6.26. The van der Waals surface area contributed by atoms with Gasteiger partial charge < -0.3 is 9.64 Å². The maximum absolute atomic E-state index is 12.3. The Hall–Kier alpha value is -0.430. The predicted molar refractivity (Wildman–Crippen MR) is 84.8 cm³/mol. The van der Waals surface area contributed by atoms with E-state index >= 15 is 0 Å². The van der Waals surface area contributed by atoms with Gasteiger partial charge >= 0.3 is 0 Å². The number of hydrogen-bond donors (Lipinski definition) is 1. The minimum Gasteiger partial charge on any atom is -0.377 e. The number of sulfonamides is 1. The Bertz CT molecular complexity index is 446. The molecule has 6 heteroatoms. The van der Waals surface area contributed by atoms with Gasteiger partial charge in [-0.2, -0.15) is 0 Å². The highest BCUT2D eigenvalue weighted by Gasteiger charge is 2.53. The number of allylic oxidation sites excluding steroid dienone is 1. The quantitative estimate of drug-likeness (QED) is 0.545. The molecule has 1 saturated carbocycles. The van der Waals surface area contributed by atoms with Gasteiger partial charge in [0.15, 0.2) is 0 Å². The summed E-state index contributed by atoms with van der Waals surface area (Å²) >= 11 is 0. The van der Waals surface area contributed by atoms with Crippen molar-refractivity contribution in [2.45, 2.75) is 49.9 Å². The van der Waals surface area contributed by atoms with Crippen molar-refractivity contribution in [3.05, 3.63) is 12.7 Å². The van der Waals surface area contributed by atoms with E-state index in [1.165, 1.54) is 0 Å². The first-order valence-electron chi connectivity index (χ1n) is 7.93. The van der Waals surface area contributed by atoms with Crippen LogP contribution in [0.1, 0.15) is 39.0 Å². The molecule has 0 spiro atoms. The molecule has 1 saturated heterocycles. The summed E-state index contributed by atoms with van der Waals surface area (Å²) in [4.78, 5) is 2.36. The summed E-state index contributed by atoms with van der Waals surface area (Å²) < 4.78 is 32.4. The van der Waals surface area contributed by atoms with Crippen LogP contribution in [0.4, 0.5) is 0 Å². The van der Waals surface area contributed by atoms with Crippen LogP contribution in [0.15, 0.2) is 12.7 Å².